The molecule has 8 heteroatoms. The van der Waals surface area contributed by atoms with Crippen molar-refractivity contribution in [2.45, 2.75) is 6.30 Å². The summed E-state index contributed by atoms with van der Waals surface area (Å²) in [6, 6.07) is 6.66. The quantitative estimate of drug-likeness (QED) is 0.454. The van der Waals surface area contributed by atoms with Crippen LogP contribution < -0.4 is 4.48 Å². The largest absolute Gasteiger partial charge is 0.490 e. The second kappa shape index (κ2) is 4.68. The molecule has 0 bridgehead atoms. The minimum absolute atomic E-state index is 0.0334. The Morgan fingerprint density at radius 2 is 1.91 bits per heavy atom. The van der Waals surface area contributed by atoms with Crippen molar-refractivity contribution in [2.75, 3.05) is 6.67 Å². The SMILES string of the molecule is N#CC1=C2N=CC=C[N+]2(c2ccc(F)cc2)CN1C(F)(F)F. The van der Waals surface area contributed by atoms with E-state index in [1.54, 1.807) is 6.07 Å². The van der Waals surface area contributed by atoms with Crippen LogP contribution in [-0.4, -0.2) is 24.1 Å². The summed E-state index contributed by atoms with van der Waals surface area (Å²) < 4.78 is 52.2. The van der Waals surface area contributed by atoms with E-state index in [0.29, 0.717) is 5.69 Å². The van der Waals surface area contributed by atoms with Crippen molar-refractivity contribution in [1.82, 2.24) is 9.38 Å². The molecule has 1 atom stereocenters. The number of fused-ring (bicyclic) bond motifs is 1. The van der Waals surface area contributed by atoms with Crippen LogP contribution in [-0.2, 0) is 0 Å². The molecule has 0 aromatic heterocycles. The summed E-state index contributed by atoms with van der Waals surface area (Å²) >= 11 is 0. The van der Waals surface area contributed by atoms with Gasteiger partial charge in [0.05, 0.1) is 0 Å². The highest BCUT2D eigenvalue weighted by Gasteiger charge is 2.55. The second-order valence-electron chi connectivity index (χ2n) is 4.79. The van der Waals surface area contributed by atoms with Crippen LogP contribution >= 0.6 is 0 Å². The highest BCUT2D eigenvalue weighted by atomic mass is 19.4. The number of nitrogens with zero attached hydrogens (tertiary/aromatic N) is 4. The lowest BCUT2D eigenvalue weighted by Crippen LogP contribution is -2.47. The topological polar surface area (TPSA) is 39.4 Å². The van der Waals surface area contributed by atoms with Crippen molar-refractivity contribution in [3.63, 3.8) is 0 Å². The highest BCUT2D eigenvalue weighted by Crippen LogP contribution is 2.43. The number of nitriles is 1. The van der Waals surface area contributed by atoms with Gasteiger partial charge in [0.25, 0.3) is 5.82 Å². The summed E-state index contributed by atoms with van der Waals surface area (Å²) in [7, 11) is 0. The molecule has 22 heavy (non-hydrogen) atoms. The monoisotopic (exact) mass is 309 g/mol. The van der Waals surface area contributed by atoms with Crippen LogP contribution in [0.5, 0.6) is 0 Å². The molecule has 112 valence electrons. The van der Waals surface area contributed by atoms with Crippen LogP contribution in [0.2, 0.25) is 0 Å². The summed E-state index contributed by atoms with van der Waals surface area (Å²) in [6.07, 6.45) is -0.378. The van der Waals surface area contributed by atoms with E-state index < -0.39 is 29.0 Å². The number of halogens is 4. The number of allylic oxidation sites excluding steroid dienone is 2. The van der Waals surface area contributed by atoms with Crippen LogP contribution in [0.3, 0.4) is 0 Å². The Labute approximate surface area is 123 Å². The molecule has 2 aliphatic heterocycles. The number of alkyl halides is 3. The van der Waals surface area contributed by atoms with Crippen LogP contribution in [0.1, 0.15) is 0 Å². The molecular formula is C14H9F4N4+. The average Bonchev–Trinajstić information content (AvgIpc) is 2.83. The zero-order chi connectivity index (χ0) is 16.0. The molecule has 4 nitrogen and oxygen atoms in total. The molecule has 2 aliphatic rings. The van der Waals surface area contributed by atoms with E-state index in [1.807, 2.05) is 0 Å². The summed E-state index contributed by atoms with van der Waals surface area (Å²) in [5, 5.41) is 9.13. The fourth-order valence-electron chi connectivity index (χ4n) is 2.57. The first-order valence-corrected chi connectivity index (χ1v) is 6.23. The van der Waals surface area contributed by atoms with Crippen molar-refractivity contribution < 1.29 is 17.6 Å². The molecule has 3 rings (SSSR count). The molecule has 2 heterocycles. The van der Waals surface area contributed by atoms with Crippen LogP contribution in [0, 0.1) is 17.1 Å². The maximum Gasteiger partial charge on any atom is 0.490 e. The molecule has 0 amide bonds. The van der Waals surface area contributed by atoms with Gasteiger partial charge in [-0.05, 0) is 12.1 Å². The summed E-state index contributed by atoms with van der Waals surface area (Å²) in [6.45, 7) is -0.554. The molecule has 1 aromatic rings. The first-order valence-electron chi connectivity index (χ1n) is 6.23. The highest BCUT2D eigenvalue weighted by molar-refractivity contribution is 5.77. The van der Waals surface area contributed by atoms with Crippen molar-refractivity contribution in [1.29, 1.82) is 5.26 Å². The molecule has 0 fully saturated rings. The lowest BCUT2D eigenvalue weighted by Gasteiger charge is -2.31. The zero-order valence-electron chi connectivity index (χ0n) is 11.0. The van der Waals surface area contributed by atoms with Gasteiger partial charge in [0.2, 0.25) is 5.70 Å². The number of hydrogen-bond acceptors (Lipinski definition) is 3. The Bertz CT molecular complexity index is 740. The average molecular weight is 309 g/mol. The van der Waals surface area contributed by atoms with E-state index in [1.165, 1.54) is 30.6 Å². The third kappa shape index (κ3) is 1.98. The fraction of sp³-hybridized carbons (Fsp3) is 0.143. The Morgan fingerprint density at radius 3 is 2.50 bits per heavy atom. The molecule has 0 aliphatic carbocycles. The van der Waals surface area contributed by atoms with Gasteiger partial charge in [0.1, 0.15) is 23.8 Å². The van der Waals surface area contributed by atoms with E-state index >= 15 is 0 Å². The van der Waals surface area contributed by atoms with Crippen LogP contribution in [0.25, 0.3) is 0 Å². The second-order valence-corrected chi connectivity index (χ2v) is 4.79. The standard InChI is InChI=1S/C14H9F4N4/c15-10-2-4-11(5-3-10)22-7-1-6-20-13(22)12(8-19)21(9-22)14(16,17)18/h1-7H,9H2/q+1. The lowest BCUT2D eigenvalue weighted by molar-refractivity contribution is -0.231. The van der Waals surface area contributed by atoms with E-state index in [2.05, 4.69) is 4.99 Å². The minimum Gasteiger partial charge on any atom is -0.218 e. The Balaban J connectivity index is 2.20. The third-order valence-corrected chi connectivity index (χ3v) is 3.55. The number of aliphatic imine (C=N–C) groups is 1. The number of benzene rings is 1. The summed E-state index contributed by atoms with van der Waals surface area (Å²) in [5.41, 5.74) is -0.165. The predicted octanol–water partition coefficient (Wildman–Crippen LogP) is 3.22. The minimum atomic E-state index is -4.70. The van der Waals surface area contributed by atoms with Crippen LogP contribution in [0.4, 0.5) is 23.2 Å². The van der Waals surface area contributed by atoms with E-state index in [0.717, 1.165) is 12.1 Å². The van der Waals surface area contributed by atoms with Crippen molar-refractivity contribution in [3.05, 3.63) is 53.9 Å². The number of hydrogen-bond donors (Lipinski definition) is 0. The van der Waals surface area contributed by atoms with E-state index in [9.17, 15) is 17.6 Å². The lowest BCUT2D eigenvalue weighted by atomic mass is 10.2. The van der Waals surface area contributed by atoms with Gasteiger partial charge in [0, 0.05) is 24.4 Å². The van der Waals surface area contributed by atoms with Gasteiger partial charge in [-0.3, -0.25) is 0 Å². The Kier molecular flexibility index (Phi) is 3.04. The first kappa shape index (κ1) is 14.3. The van der Waals surface area contributed by atoms with E-state index in [4.69, 9.17) is 5.26 Å². The van der Waals surface area contributed by atoms with Gasteiger partial charge in [-0.25, -0.2) is 14.3 Å². The summed E-state index contributed by atoms with van der Waals surface area (Å²) in [4.78, 5) is 4.01. The number of rotatable bonds is 1. The van der Waals surface area contributed by atoms with Crippen molar-refractivity contribution >= 4 is 11.9 Å². The molecule has 1 unspecified atom stereocenters. The number of quaternary nitrogens is 1. The maximum atomic E-state index is 13.2. The third-order valence-electron chi connectivity index (χ3n) is 3.55. The van der Waals surface area contributed by atoms with Crippen molar-refractivity contribution in [2.24, 2.45) is 4.99 Å². The van der Waals surface area contributed by atoms with Gasteiger partial charge in [0.15, 0.2) is 6.67 Å². The molecule has 0 N–H and O–H groups in total. The zero-order valence-corrected chi connectivity index (χ0v) is 11.0. The Morgan fingerprint density at radius 1 is 1.23 bits per heavy atom. The van der Waals surface area contributed by atoms with Gasteiger partial charge in [-0.1, -0.05) is 0 Å². The van der Waals surface area contributed by atoms with Crippen LogP contribution in [0.15, 0.2) is 53.1 Å². The molecule has 0 radical (unpaired) electrons. The smallest absolute Gasteiger partial charge is 0.218 e. The first-order chi connectivity index (χ1) is 10.4. The van der Waals surface area contributed by atoms with Crippen molar-refractivity contribution in [3.8, 4) is 6.07 Å². The van der Waals surface area contributed by atoms with E-state index in [-0.39, 0.29) is 10.7 Å². The summed E-state index contributed by atoms with van der Waals surface area (Å²) in [5.74, 6) is -0.529. The van der Waals surface area contributed by atoms with Gasteiger partial charge in [-0.15, -0.1) is 13.2 Å². The molecular weight excluding hydrogens is 300 g/mol. The molecule has 1 aromatic carbocycles. The normalized spacial score (nSPS) is 23.7. The molecule has 0 saturated heterocycles. The molecule has 0 spiro atoms. The van der Waals surface area contributed by atoms with Gasteiger partial charge < -0.3 is 0 Å². The van der Waals surface area contributed by atoms with Gasteiger partial charge in [-0.2, -0.15) is 9.74 Å². The maximum absolute atomic E-state index is 13.2. The predicted molar refractivity (Wildman–Crippen MR) is 71.2 cm³/mol. The Hall–Kier alpha value is -2.66. The van der Waals surface area contributed by atoms with Gasteiger partial charge >= 0.3 is 6.30 Å². The fourth-order valence-corrected chi connectivity index (χ4v) is 2.57. The molecule has 0 saturated carbocycles.